The van der Waals surface area contributed by atoms with Crippen LogP contribution in [-0.4, -0.2) is 65.1 Å². The van der Waals surface area contributed by atoms with Gasteiger partial charge in [-0.15, -0.1) is 0 Å². The van der Waals surface area contributed by atoms with E-state index in [1.165, 1.54) is 4.90 Å². The van der Waals surface area contributed by atoms with E-state index in [1.54, 1.807) is 6.20 Å². The predicted octanol–water partition coefficient (Wildman–Crippen LogP) is 2.49. The van der Waals surface area contributed by atoms with Gasteiger partial charge in [0.25, 0.3) is 0 Å². The van der Waals surface area contributed by atoms with Gasteiger partial charge in [0.2, 0.25) is 5.91 Å². The lowest BCUT2D eigenvalue weighted by Crippen LogP contribution is -2.42. The maximum absolute atomic E-state index is 13.6. The van der Waals surface area contributed by atoms with Crippen molar-refractivity contribution in [2.45, 2.75) is 38.0 Å². The molecule has 3 atom stereocenters. The average Bonchev–Trinajstić information content (AvgIpc) is 3.30. The average molecular weight is 381 g/mol. The Morgan fingerprint density at radius 1 is 1.39 bits per heavy atom. The van der Waals surface area contributed by atoms with Crippen LogP contribution in [-0.2, 0) is 4.79 Å². The Bertz CT molecular complexity index is 927. The fourth-order valence-corrected chi connectivity index (χ4v) is 4.22. The zero-order chi connectivity index (χ0) is 19.7. The zero-order valence-corrected chi connectivity index (χ0v) is 15.9. The van der Waals surface area contributed by atoms with E-state index in [4.69, 9.17) is 5.26 Å². The number of benzene rings is 1. The Hall–Kier alpha value is -2.72. The van der Waals surface area contributed by atoms with E-state index < -0.39 is 12.2 Å². The normalized spacial score (nSPS) is 25.2. The predicted molar refractivity (Wildman–Crippen MR) is 106 cm³/mol. The highest BCUT2D eigenvalue weighted by Gasteiger charge is 2.36. The molecule has 2 aliphatic heterocycles. The number of likely N-dealkylation sites (tertiary alicyclic amines) is 2. The number of fused-ring (bicyclic) bond motifs is 1. The summed E-state index contributed by atoms with van der Waals surface area (Å²) < 4.78 is 13.6. The first-order valence-electron chi connectivity index (χ1n) is 9.71. The van der Waals surface area contributed by atoms with Crippen LogP contribution >= 0.6 is 0 Å². The lowest BCUT2D eigenvalue weighted by molar-refractivity contribution is -0.132. The number of hydrogen-bond donors (Lipinski definition) is 1. The van der Waals surface area contributed by atoms with E-state index in [0.717, 1.165) is 41.7 Å². The maximum Gasteiger partial charge on any atom is 0.237 e. The van der Waals surface area contributed by atoms with E-state index in [1.807, 2.05) is 12.1 Å². The Balaban J connectivity index is 1.38. The van der Waals surface area contributed by atoms with Crippen molar-refractivity contribution >= 4 is 22.5 Å². The summed E-state index contributed by atoms with van der Waals surface area (Å²) in [5.74, 6) is -0.155. The molecule has 1 amide bonds. The molecule has 7 heteroatoms. The molecule has 2 aliphatic rings. The number of hydrogen-bond acceptors (Lipinski definition) is 5. The second kappa shape index (κ2) is 7.72. The highest BCUT2D eigenvalue weighted by molar-refractivity contribution is 5.93. The number of rotatable bonds is 4. The number of halogens is 1. The van der Waals surface area contributed by atoms with Crippen LogP contribution < -0.4 is 5.32 Å². The minimum atomic E-state index is -1.09. The van der Waals surface area contributed by atoms with Crippen LogP contribution in [0.4, 0.5) is 10.1 Å². The summed E-state index contributed by atoms with van der Waals surface area (Å²) in [4.78, 5) is 20.5. The van der Waals surface area contributed by atoms with E-state index in [2.05, 4.69) is 40.3 Å². The largest absolute Gasteiger partial charge is 0.380 e. The second-order valence-electron chi connectivity index (χ2n) is 7.72. The summed E-state index contributed by atoms with van der Waals surface area (Å²) in [6, 6.07) is 9.79. The molecule has 4 rings (SSSR count). The number of nitrogens with zero attached hydrogens (tertiary/aromatic N) is 4. The number of nitrogens with one attached hydrogen (secondary N) is 1. The second-order valence-corrected chi connectivity index (χ2v) is 7.72. The van der Waals surface area contributed by atoms with Crippen LogP contribution in [0.1, 0.15) is 18.4 Å². The number of carbonyl (C=O) groups is 1. The molecule has 28 heavy (non-hydrogen) atoms. The Morgan fingerprint density at radius 3 is 3.07 bits per heavy atom. The maximum atomic E-state index is 13.6. The van der Waals surface area contributed by atoms with Crippen LogP contribution in [0.25, 0.3) is 10.9 Å². The van der Waals surface area contributed by atoms with Gasteiger partial charge in [-0.3, -0.25) is 14.7 Å². The summed E-state index contributed by atoms with van der Waals surface area (Å²) in [7, 11) is 0. The molecule has 0 aliphatic carbocycles. The number of aryl methyl sites for hydroxylation is 1. The Kier molecular flexibility index (Phi) is 5.14. The highest BCUT2D eigenvalue weighted by Crippen LogP contribution is 2.27. The van der Waals surface area contributed by atoms with Gasteiger partial charge in [0.05, 0.1) is 24.7 Å². The third-order valence-corrected chi connectivity index (χ3v) is 5.68. The van der Waals surface area contributed by atoms with Crippen molar-refractivity contribution in [1.29, 1.82) is 5.26 Å². The first-order valence-corrected chi connectivity index (χ1v) is 9.71. The summed E-state index contributed by atoms with van der Waals surface area (Å²) in [6.07, 6.45) is 1.76. The summed E-state index contributed by atoms with van der Waals surface area (Å²) >= 11 is 0. The van der Waals surface area contributed by atoms with Gasteiger partial charge in [-0.05, 0) is 37.1 Å². The third kappa shape index (κ3) is 3.65. The molecule has 1 aromatic carbocycles. The van der Waals surface area contributed by atoms with Crippen molar-refractivity contribution in [2.24, 2.45) is 0 Å². The minimum absolute atomic E-state index is 0.0366. The first kappa shape index (κ1) is 18.6. The molecule has 1 aromatic heterocycles. The Morgan fingerprint density at radius 2 is 2.25 bits per heavy atom. The van der Waals surface area contributed by atoms with E-state index in [9.17, 15) is 9.18 Å². The monoisotopic (exact) mass is 381 g/mol. The summed E-state index contributed by atoms with van der Waals surface area (Å²) in [5.41, 5.74) is 3.19. The number of alkyl halides is 1. The van der Waals surface area contributed by atoms with Crippen LogP contribution in [0.5, 0.6) is 0 Å². The minimum Gasteiger partial charge on any atom is -0.380 e. The van der Waals surface area contributed by atoms with Crippen molar-refractivity contribution in [2.75, 3.05) is 31.5 Å². The van der Waals surface area contributed by atoms with E-state index >= 15 is 0 Å². The van der Waals surface area contributed by atoms with Gasteiger partial charge >= 0.3 is 0 Å². The van der Waals surface area contributed by atoms with E-state index in [-0.39, 0.29) is 31.5 Å². The van der Waals surface area contributed by atoms with Crippen molar-refractivity contribution in [3.63, 3.8) is 0 Å². The van der Waals surface area contributed by atoms with Crippen LogP contribution in [0, 0.1) is 18.3 Å². The molecule has 0 radical (unpaired) electrons. The number of amides is 1. The smallest absolute Gasteiger partial charge is 0.237 e. The van der Waals surface area contributed by atoms with Gasteiger partial charge in [0.1, 0.15) is 12.2 Å². The molecule has 1 unspecified atom stereocenters. The van der Waals surface area contributed by atoms with Crippen LogP contribution in [0.15, 0.2) is 30.5 Å². The molecule has 146 valence electrons. The number of carbonyl (C=O) groups excluding carboxylic acids is 1. The van der Waals surface area contributed by atoms with Gasteiger partial charge in [-0.1, -0.05) is 6.07 Å². The number of anilines is 1. The number of nitriles is 1. The van der Waals surface area contributed by atoms with Gasteiger partial charge in [-0.2, -0.15) is 5.26 Å². The number of aromatic nitrogens is 1. The topological polar surface area (TPSA) is 72.3 Å². The van der Waals surface area contributed by atoms with Crippen LogP contribution in [0.3, 0.4) is 0 Å². The quantitative estimate of drug-likeness (QED) is 0.881. The van der Waals surface area contributed by atoms with Crippen molar-refractivity contribution in [1.82, 2.24) is 14.8 Å². The van der Waals surface area contributed by atoms with Gasteiger partial charge < -0.3 is 10.2 Å². The molecule has 2 aromatic rings. The number of pyridine rings is 1. The van der Waals surface area contributed by atoms with Gasteiger partial charge in [0.15, 0.2) is 0 Å². The molecule has 6 nitrogen and oxygen atoms in total. The fourth-order valence-electron chi connectivity index (χ4n) is 4.22. The molecule has 0 bridgehead atoms. The van der Waals surface area contributed by atoms with Crippen molar-refractivity contribution in [3.05, 3.63) is 36.0 Å². The Labute approximate surface area is 163 Å². The molecule has 1 N–H and O–H groups in total. The highest BCUT2D eigenvalue weighted by atomic mass is 19.1. The van der Waals surface area contributed by atoms with Crippen molar-refractivity contribution < 1.29 is 9.18 Å². The molecule has 3 heterocycles. The van der Waals surface area contributed by atoms with Gasteiger partial charge in [0, 0.05) is 42.8 Å². The molecule has 0 spiro atoms. The summed E-state index contributed by atoms with van der Waals surface area (Å²) in [5, 5.41) is 13.8. The lowest BCUT2D eigenvalue weighted by atomic mass is 10.1. The van der Waals surface area contributed by atoms with Gasteiger partial charge in [-0.25, -0.2) is 4.39 Å². The van der Waals surface area contributed by atoms with Crippen LogP contribution in [0.2, 0.25) is 0 Å². The molecular weight excluding hydrogens is 357 g/mol. The lowest BCUT2D eigenvalue weighted by Gasteiger charge is -2.23. The standard InChI is InChI=1S/C21H24FN5O/c1-14-4-5-19(18-3-2-7-24-21(14)18)25-16-6-8-26(12-16)13-20(28)27-11-15(22)9-17(27)10-23/h2-5,7,15-17,25H,6,8-9,11-13H2,1H3/t15-,16+,17?/m0/s1. The molecular formula is C21H24FN5O. The molecule has 2 saturated heterocycles. The fraction of sp³-hybridized carbons (Fsp3) is 0.476. The molecule has 2 fully saturated rings. The third-order valence-electron chi connectivity index (χ3n) is 5.68. The SMILES string of the molecule is Cc1ccc(N[C@@H]2CCN(CC(=O)N3C[C@@H](F)CC3C#N)C2)c2cccnc12. The zero-order valence-electron chi connectivity index (χ0n) is 15.9. The molecule has 0 saturated carbocycles. The van der Waals surface area contributed by atoms with Crippen molar-refractivity contribution in [3.8, 4) is 6.07 Å². The van der Waals surface area contributed by atoms with E-state index in [0.29, 0.717) is 0 Å². The summed E-state index contributed by atoms with van der Waals surface area (Å²) in [6.45, 7) is 3.87. The first-order chi connectivity index (χ1) is 13.5.